The topological polar surface area (TPSA) is 38.3 Å². The summed E-state index contributed by atoms with van der Waals surface area (Å²) in [4.78, 5) is 12.7. The monoisotopic (exact) mass is 315 g/mol. The molecule has 1 heterocycles. The van der Waals surface area contributed by atoms with Crippen molar-refractivity contribution in [3.8, 4) is 5.75 Å². The molecule has 19 heavy (non-hydrogen) atoms. The zero-order chi connectivity index (χ0) is 13.7. The second-order valence-electron chi connectivity index (χ2n) is 3.70. The first-order valence-electron chi connectivity index (χ1n) is 5.52. The number of nitrogens with one attached hydrogen (secondary N) is 1. The van der Waals surface area contributed by atoms with E-state index in [-0.39, 0.29) is 12.5 Å². The number of para-hydroxylation sites is 1. The summed E-state index contributed by atoms with van der Waals surface area (Å²) in [6, 6.07) is 8.93. The van der Waals surface area contributed by atoms with E-state index in [1.165, 1.54) is 0 Å². The number of thiophene rings is 1. The summed E-state index contributed by atoms with van der Waals surface area (Å²) in [5.74, 6) is 0.112. The van der Waals surface area contributed by atoms with Crippen LogP contribution in [0.3, 0.4) is 0 Å². The van der Waals surface area contributed by atoms with Crippen molar-refractivity contribution in [2.45, 2.75) is 6.54 Å². The molecule has 0 fully saturated rings. The third-order valence-corrected chi connectivity index (χ3v) is 3.78. The summed E-state index contributed by atoms with van der Waals surface area (Å²) in [5, 5.41) is 5.49. The first-order valence-corrected chi connectivity index (χ1v) is 7.16. The number of carbonyl (C=O) groups is 1. The SMILES string of the molecule is O=C(COc1c(Cl)cccc1Cl)NCc1cccs1. The lowest BCUT2D eigenvalue weighted by Gasteiger charge is -2.09. The second-order valence-corrected chi connectivity index (χ2v) is 5.54. The highest BCUT2D eigenvalue weighted by Gasteiger charge is 2.09. The van der Waals surface area contributed by atoms with Crippen LogP contribution in [0.5, 0.6) is 5.75 Å². The van der Waals surface area contributed by atoms with E-state index in [1.54, 1.807) is 29.5 Å². The van der Waals surface area contributed by atoms with E-state index < -0.39 is 0 Å². The average molecular weight is 316 g/mol. The van der Waals surface area contributed by atoms with Gasteiger partial charge < -0.3 is 10.1 Å². The van der Waals surface area contributed by atoms with Crippen LogP contribution in [0.4, 0.5) is 0 Å². The van der Waals surface area contributed by atoms with Gasteiger partial charge >= 0.3 is 0 Å². The van der Waals surface area contributed by atoms with Gasteiger partial charge in [0.05, 0.1) is 16.6 Å². The maximum Gasteiger partial charge on any atom is 0.258 e. The van der Waals surface area contributed by atoms with Crippen molar-refractivity contribution in [1.29, 1.82) is 0 Å². The van der Waals surface area contributed by atoms with Crippen molar-refractivity contribution in [3.63, 3.8) is 0 Å². The first kappa shape index (κ1) is 14.2. The largest absolute Gasteiger partial charge is 0.481 e. The minimum Gasteiger partial charge on any atom is -0.481 e. The molecule has 0 saturated heterocycles. The van der Waals surface area contributed by atoms with E-state index in [0.717, 1.165) is 4.88 Å². The highest BCUT2D eigenvalue weighted by Crippen LogP contribution is 2.32. The first-order chi connectivity index (χ1) is 9.16. The molecule has 2 aromatic rings. The molecule has 1 N–H and O–H groups in total. The Balaban J connectivity index is 1.83. The van der Waals surface area contributed by atoms with Gasteiger partial charge in [-0.3, -0.25) is 4.79 Å². The molecule has 0 bridgehead atoms. The van der Waals surface area contributed by atoms with Crippen LogP contribution in [-0.4, -0.2) is 12.5 Å². The van der Waals surface area contributed by atoms with Crippen LogP contribution in [0.2, 0.25) is 10.0 Å². The van der Waals surface area contributed by atoms with Crippen molar-refractivity contribution in [1.82, 2.24) is 5.32 Å². The number of hydrogen-bond donors (Lipinski definition) is 1. The van der Waals surface area contributed by atoms with E-state index >= 15 is 0 Å². The molecule has 0 aliphatic carbocycles. The van der Waals surface area contributed by atoms with E-state index in [2.05, 4.69) is 5.32 Å². The Bertz CT molecular complexity index is 538. The molecule has 1 amide bonds. The molecule has 1 aromatic carbocycles. The summed E-state index contributed by atoms with van der Waals surface area (Å²) < 4.78 is 5.33. The molecule has 2 rings (SSSR count). The molecule has 0 radical (unpaired) electrons. The molecule has 0 spiro atoms. The van der Waals surface area contributed by atoms with Gasteiger partial charge in [-0.25, -0.2) is 0 Å². The van der Waals surface area contributed by atoms with Gasteiger partial charge in [0.1, 0.15) is 0 Å². The van der Waals surface area contributed by atoms with Gasteiger partial charge in [-0.05, 0) is 23.6 Å². The fourth-order valence-corrected chi connectivity index (χ4v) is 2.56. The fourth-order valence-electron chi connectivity index (χ4n) is 1.41. The van der Waals surface area contributed by atoms with Crippen molar-refractivity contribution in [2.75, 3.05) is 6.61 Å². The molecule has 0 aliphatic rings. The van der Waals surface area contributed by atoms with Crippen LogP contribution in [-0.2, 0) is 11.3 Å². The molecule has 0 aliphatic heterocycles. The minimum absolute atomic E-state index is 0.116. The standard InChI is InChI=1S/C13H11Cl2NO2S/c14-10-4-1-5-11(15)13(10)18-8-12(17)16-7-9-3-2-6-19-9/h1-6H,7-8H2,(H,16,17). The number of hydrogen-bond acceptors (Lipinski definition) is 3. The maximum absolute atomic E-state index is 11.6. The lowest BCUT2D eigenvalue weighted by molar-refractivity contribution is -0.123. The van der Waals surface area contributed by atoms with Crippen molar-refractivity contribution >= 4 is 40.4 Å². The third-order valence-electron chi connectivity index (χ3n) is 2.31. The maximum atomic E-state index is 11.6. The Morgan fingerprint density at radius 1 is 1.21 bits per heavy atom. The fraction of sp³-hybridized carbons (Fsp3) is 0.154. The highest BCUT2D eigenvalue weighted by molar-refractivity contribution is 7.09. The number of halogens is 2. The number of ether oxygens (including phenoxy) is 1. The summed E-state index contributed by atoms with van der Waals surface area (Å²) in [6.45, 7) is 0.380. The highest BCUT2D eigenvalue weighted by atomic mass is 35.5. The Morgan fingerprint density at radius 3 is 2.58 bits per heavy atom. The lowest BCUT2D eigenvalue weighted by Crippen LogP contribution is -2.28. The van der Waals surface area contributed by atoms with Crippen LogP contribution in [0, 0.1) is 0 Å². The van der Waals surface area contributed by atoms with Gasteiger partial charge in [-0.15, -0.1) is 11.3 Å². The Hall–Kier alpha value is -1.23. The van der Waals surface area contributed by atoms with Gasteiger partial charge in [0, 0.05) is 4.88 Å². The molecular formula is C13H11Cl2NO2S. The number of carbonyl (C=O) groups excluding carboxylic acids is 1. The summed E-state index contributed by atoms with van der Waals surface area (Å²) in [6.07, 6.45) is 0. The number of benzene rings is 1. The smallest absolute Gasteiger partial charge is 0.258 e. The molecule has 0 atom stereocenters. The van der Waals surface area contributed by atoms with Crippen molar-refractivity contribution in [3.05, 3.63) is 50.6 Å². The number of amides is 1. The molecule has 6 heteroatoms. The van der Waals surface area contributed by atoms with Crippen molar-refractivity contribution < 1.29 is 9.53 Å². The molecule has 100 valence electrons. The Morgan fingerprint density at radius 2 is 1.95 bits per heavy atom. The zero-order valence-corrected chi connectivity index (χ0v) is 12.2. The summed E-state index contributed by atoms with van der Waals surface area (Å²) >= 11 is 13.5. The van der Waals surface area contributed by atoms with Gasteiger partial charge in [-0.2, -0.15) is 0 Å². The van der Waals surface area contributed by atoms with Gasteiger partial charge in [0.25, 0.3) is 5.91 Å². The summed E-state index contributed by atoms with van der Waals surface area (Å²) in [5.41, 5.74) is 0. The van der Waals surface area contributed by atoms with E-state index in [0.29, 0.717) is 22.3 Å². The lowest BCUT2D eigenvalue weighted by atomic mass is 10.3. The van der Waals surface area contributed by atoms with Crippen LogP contribution >= 0.6 is 34.5 Å². The van der Waals surface area contributed by atoms with E-state index in [1.807, 2.05) is 17.5 Å². The zero-order valence-electron chi connectivity index (χ0n) is 9.86. The van der Waals surface area contributed by atoms with Gasteiger partial charge in [0.2, 0.25) is 0 Å². The predicted molar refractivity (Wildman–Crippen MR) is 78.1 cm³/mol. The van der Waals surface area contributed by atoms with Crippen LogP contribution < -0.4 is 10.1 Å². The molecule has 0 saturated carbocycles. The van der Waals surface area contributed by atoms with Gasteiger partial charge in [0.15, 0.2) is 12.4 Å². The minimum atomic E-state index is -0.218. The third kappa shape index (κ3) is 4.13. The molecule has 3 nitrogen and oxygen atoms in total. The number of rotatable bonds is 5. The quantitative estimate of drug-likeness (QED) is 0.912. The van der Waals surface area contributed by atoms with E-state index in [9.17, 15) is 4.79 Å². The van der Waals surface area contributed by atoms with Crippen LogP contribution in [0.1, 0.15) is 4.88 Å². The average Bonchev–Trinajstić information content (AvgIpc) is 2.89. The second kappa shape index (κ2) is 6.80. The molecule has 0 unspecified atom stereocenters. The molecule has 1 aromatic heterocycles. The van der Waals surface area contributed by atoms with Crippen LogP contribution in [0.15, 0.2) is 35.7 Å². The van der Waals surface area contributed by atoms with Crippen LogP contribution in [0.25, 0.3) is 0 Å². The Labute approximate surface area is 125 Å². The molecular weight excluding hydrogens is 305 g/mol. The predicted octanol–water partition coefficient (Wildman–Crippen LogP) is 3.75. The normalized spacial score (nSPS) is 10.2. The van der Waals surface area contributed by atoms with E-state index in [4.69, 9.17) is 27.9 Å². The van der Waals surface area contributed by atoms with Crippen molar-refractivity contribution in [2.24, 2.45) is 0 Å². The van der Waals surface area contributed by atoms with Gasteiger partial charge in [-0.1, -0.05) is 35.3 Å². The summed E-state index contributed by atoms with van der Waals surface area (Å²) in [7, 11) is 0. The Kier molecular flexibility index (Phi) is 5.07.